The van der Waals surface area contributed by atoms with Crippen LogP contribution in [0.3, 0.4) is 0 Å². The molecule has 2 aromatic carbocycles. The smallest absolute Gasteiger partial charge is 0.227 e. The van der Waals surface area contributed by atoms with Crippen LogP contribution in [0.2, 0.25) is 10.0 Å². The topological polar surface area (TPSA) is 63.3 Å². The lowest BCUT2D eigenvalue weighted by molar-refractivity contribution is 0.0905. The summed E-state index contributed by atoms with van der Waals surface area (Å²) in [5.41, 5.74) is 3.68. The van der Waals surface area contributed by atoms with E-state index in [2.05, 4.69) is 15.9 Å². The Morgan fingerprint density at radius 1 is 1.03 bits per heavy atom. The SMILES string of the molecule is CC(C)C(=O)c1oc2nc(-c3ccc(Br)cc3Cl)c(-c3ccc(Cl)cc3)cc2c1C(C)O. The van der Waals surface area contributed by atoms with E-state index < -0.39 is 6.10 Å². The molecule has 7 heteroatoms. The number of hydrogen-bond acceptors (Lipinski definition) is 4. The molecule has 0 bridgehead atoms. The van der Waals surface area contributed by atoms with E-state index in [0.717, 1.165) is 15.6 Å². The predicted molar refractivity (Wildman–Crippen MR) is 132 cm³/mol. The van der Waals surface area contributed by atoms with Gasteiger partial charge in [0.25, 0.3) is 0 Å². The van der Waals surface area contributed by atoms with Crippen molar-refractivity contribution in [3.05, 3.63) is 74.4 Å². The van der Waals surface area contributed by atoms with Gasteiger partial charge in [-0.15, -0.1) is 0 Å². The number of Topliss-reactive ketones (excluding diaryl/α,β-unsaturated/α-hetero) is 1. The summed E-state index contributed by atoms with van der Waals surface area (Å²) in [7, 11) is 0. The molecule has 0 radical (unpaired) electrons. The van der Waals surface area contributed by atoms with Gasteiger partial charge >= 0.3 is 0 Å². The molecule has 1 unspecified atom stereocenters. The molecular weight excluding hydrogens is 513 g/mol. The summed E-state index contributed by atoms with van der Waals surface area (Å²) in [5.74, 6) is -0.335. The summed E-state index contributed by atoms with van der Waals surface area (Å²) in [6, 6.07) is 14.8. The van der Waals surface area contributed by atoms with E-state index >= 15 is 0 Å². The molecule has 0 amide bonds. The molecule has 4 rings (SSSR count). The van der Waals surface area contributed by atoms with Gasteiger partial charge in [-0.05, 0) is 42.8 Å². The van der Waals surface area contributed by atoms with Crippen LogP contribution in [-0.4, -0.2) is 15.9 Å². The number of carbonyl (C=O) groups excluding carboxylic acids is 1. The Bertz CT molecular complexity index is 1330. The molecule has 0 aliphatic rings. The van der Waals surface area contributed by atoms with E-state index in [1.807, 2.05) is 30.3 Å². The number of rotatable bonds is 5. The standard InChI is InChI=1S/C25H20BrCl2NO3/c1-12(2)23(31)24-21(13(3)30)19-11-18(14-4-7-16(27)8-5-14)22(29-25(19)32-24)17-9-6-15(26)10-20(17)28/h4-13,30H,1-3H3. The van der Waals surface area contributed by atoms with Crippen molar-refractivity contribution in [1.29, 1.82) is 0 Å². The molecule has 0 fully saturated rings. The number of aromatic nitrogens is 1. The van der Waals surface area contributed by atoms with Crippen LogP contribution in [0.5, 0.6) is 0 Å². The molecule has 1 atom stereocenters. The van der Waals surface area contributed by atoms with Crippen LogP contribution in [0, 0.1) is 5.92 Å². The third-order valence-electron chi connectivity index (χ3n) is 5.23. The number of pyridine rings is 1. The van der Waals surface area contributed by atoms with E-state index in [1.54, 1.807) is 39.0 Å². The van der Waals surface area contributed by atoms with E-state index in [-0.39, 0.29) is 23.2 Å². The van der Waals surface area contributed by atoms with Crippen molar-refractivity contribution < 1.29 is 14.3 Å². The molecule has 0 aliphatic carbocycles. The van der Waals surface area contributed by atoms with Gasteiger partial charge in [-0.3, -0.25) is 4.79 Å². The number of carbonyl (C=O) groups is 1. The summed E-state index contributed by atoms with van der Waals surface area (Å²) in [6.45, 7) is 5.20. The number of hydrogen-bond donors (Lipinski definition) is 1. The highest BCUT2D eigenvalue weighted by Crippen LogP contribution is 2.41. The molecule has 164 valence electrons. The van der Waals surface area contributed by atoms with Gasteiger partial charge in [0.15, 0.2) is 5.76 Å². The monoisotopic (exact) mass is 531 g/mol. The lowest BCUT2D eigenvalue weighted by atomic mass is 9.95. The summed E-state index contributed by atoms with van der Waals surface area (Å²) < 4.78 is 6.77. The van der Waals surface area contributed by atoms with Crippen molar-refractivity contribution in [2.45, 2.75) is 26.9 Å². The maximum atomic E-state index is 12.8. The van der Waals surface area contributed by atoms with Crippen molar-refractivity contribution in [1.82, 2.24) is 4.98 Å². The van der Waals surface area contributed by atoms with Crippen LogP contribution in [0.4, 0.5) is 0 Å². The first-order valence-electron chi connectivity index (χ1n) is 10.1. The van der Waals surface area contributed by atoms with Gasteiger partial charge in [-0.2, -0.15) is 0 Å². The van der Waals surface area contributed by atoms with Crippen molar-refractivity contribution in [3.63, 3.8) is 0 Å². The van der Waals surface area contributed by atoms with Crippen LogP contribution in [0.1, 0.15) is 43.0 Å². The minimum Gasteiger partial charge on any atom is -0.434 e. The number of aliphatic hydroxyl groups excluding tert-OH is 1. The maximum Gasteiger partial charge on any atom is 0.227 e. The van der Waals surface area contributed by atoms with Gasteiger partial charge in [0.2, 0.25) is 11.5 Å². The highest BCUT2D eigenvalue weighted by atomic mass is 79.9. The molecule has 2 aromatic heterocycles. The number of ketones is 1. The normalized spacial score (nSPS) is 12.5. The number of aliphatic hydroxyl groups is 1. The van der Waals surface area contributed by atoms with Crippen molar-refractivity contribution in [2.75, 3.05) is 0 Å². The quantitative estimate of drug-likeness (QED) is 0.263. The predicted octanol–water partition coefficient (Wildman–Crippen LogP) is 8.12. The second-order valence-electron chi connectivity index (χ2n) is 7.91. The molecule has 4 aromatic rings. The molecule has 32 heavy (non-hydrogen) atoms. The van der Waals surface area contributed by atoms with Gasteiger partial charge in [0.05, 0.1) is 16.8 Å². The van der Waals surface area contributed by atoms with Crippen LogP contribution in [0.25, 0.3) is 33.5 Å². The summed E-state index contributed by atoms with van der Waals surface area (Å²) in [4.78, 5) is 17.6. The first-order chi connectivity index (χ1) is 15.2. The Hall–Kier alpha value is -2.18. The Morgan fingerprint density at radius 2 is 1.72 bits per heavy atom. The zero-order valence-corrected chi connectivity index (χ0v) is 20.7. The number of fused-ring (bicyclic) bond motifs is 1. The van der Waals surface area contributed by atoms with Gasteiger partial charge in [0.1, 0.15) is 0 Å². The third kappa shape index (κ3) is 4.23. The molecule has 2 heterocycles. The zero-order chi connectivity index (χ0) is 23.2. The Morgan fingerprint density at radius 3 is 2.31 bits per heavy atom. The molecule has 0 saturated heterocycles. The van der Waals surface area contributed by atoms with Crippen LogP contribution >= 0.6 is 39.1 Å². The van der Waals surface area contributed by atoms with Crippen LogP contribution in [-0.2, 0) is 0 Å². The number of nitrogens with zero attached hydrogens (tertiary/aromatic N) is 1. The number of furan rings is 1. The minimum absolute atomic E-state index is 0.138. The van der Waals surface area contributed by atoms with E-state index in [1.165, 1.54) is 0 Å². The Balaban J connectivity index is 2.08. The lowest BCUT2D eigenvalue weighted by Crippen LogP contribution is -2.09. The highest BCUT2D eigenvalue weighted by molar-refractivity contribution is 9.10. The number of halogens is 3. The fraction of sp³-hybridized carbons (Fsp3) is 0.200. The first-order valence-corrected chi connectivity index (χ1v) is 11.6. The molecule has 0 saturated carbocycles. The highest BCUT2D eigenvalue weighted by Gasteiger charge is 2.27. The molecule has 4 nitrogen and oxygen atoms in total. The average Bonchev–Trinajstić information content (AvgIpc) is 3.11. The Labute approximate surface area is 204 Å². The first kappa shape index (κ1) is 23.0. The second-order valence-corrected chi connectivity index (χ2v) is 9.67. The van der Waals surface area contributed by atoms with E-state index in [9.17, 15) is 9.90 Å². The molecule has 0 spiro atoms. The second kappa shape index (κ2) is 8.99. The summed E-state index contributed by atoms with van der Waals surface area (Å²) >= 11 is 16.1. The van der Waals surface area contributed by atoms with E-state index in [0.29, 0.717) is 32.3 Å². The summed E-state index contributed by atoms with van der Waals surface area (Å²) in [6.07, 6.45) is -0.907. The van der Waals surface area contributed by atoms with Crippen LogP contribution in [0.15, 0.2) is 57.4 Å². The number of benzene rings is 2. The van der Waals surface area contributed by atoms with Crippen molar-refractivity contribution in [3.8, 4) is 22.4 Å². The van der Waals surface area contributed by atoms with Gasteiger partial charge < -0.3 is 9.52 Å². The largest absolute Gasteiger partial charge is 0.434 e. The third-order valence-corrected chi connectivity index (χ3v) is 6.29. The van der Waals surface area contributed by atoms with Crippen molar-refractivity contribution in [2.24, 2.45) is 5.92 Å². The van der Waals surface area contributed by atoms with Gasteiger partial charge in [0, 0.05) is 37.5 Å². The molecule has 1 N–H and O–H groups in total. The molecule has 0 aliphatic heterocycles. The zero-order valence-electron chi connectivity index (χ0n) is 17.6. The van der Waals surface area contributed by atoms with Crippen molar-refractivity contribution >= 4 is 56.0 Å². The van der Waals surface area contributed by atoms with Crippen LogP contribution < -0.4 is 0 Å². The average molecular weight is 533 g/mol. The maximum absolute atomic E-state index is 12.8. The minimum atomic E-state index is -0.907. The Kier molecular flexibility index (Phi) is 6.46. The fourth-order valence-electron chi connectivity index (χ4n) is 3.64. The van der Waals surface area contributed by atoms with Gasteiger partial charge in [-0.25, -0.2) is 4.98 Å². The fourth-order valence-corrected chi connectivity index (χ4v) is 4.53. The summed E-state index contributed by atoms with van der Waals surface area (Å²) in [5, 5.41) is 12.2. The van der Waals surface area contributed by atoms with Gasteiger partial charge in [-0.1, -0.05) is 71.2 Å². The van der Waals surface area contributed by atoms with E-state index in [4.69, 9.17) is 32.6 Å². The molecular formula is C25H20BrCl2NO3. The lowest BCUT2D eigenvalue weighted by Gasteiger charge is -2.12.